The van der Waals surface area contributed by atoms with E-state index in [2.05, 4.69) is 15.5 Å². The molecule has 0 saturated carbocycles. The second kappa shape index (κ2) is 9.72. The van der Waals surface area contributed by atoms with E-state index in [0.29, 0.717) is 30.3 Å². The van der Waals surface area contributed by atoms with Crippen molar-refractivity contribution in [3.05, 3.63) is 60.0 Å². The van der Waals surface area contributed by atoms with E-state index >= 15 is 0 Å². The van der Waals surface area contributed by atoms with Crippen LogP contribution < -0.4 is 10.1 Å². The number of sulfonamides is 1. The Morgan fingerprint density at radius 2 is 1.91 bits per heavy atom. The van der Waals surface area contributed by atoms with Gasteiger partial charge in [-0.1, -0.05) is 28.9 Å². The summed E-state index contributed by atoms with van der Waals surface area (Å²) in [5, 5.41) is 6.80. The Labute approximate surface area is 192 Å². The molecule has 174 valence electrons. The number of piperidine rings is 1. The van der Waals surface area contributed by atoms with Gasteiger partial charge in [0, 0.05) is 24.6 Å². The van der Waals surface area contributed by atoms with Gasteiger partial charge in [0.05, 0.1) is 18.6 Å². The van der Waals surface area contributed by atoms with Gasteiger partial charge in [-0.15, -0.1) is 0 Å². The van der Waals surface area contributed by atoms with Gasteiger partial charge in [0.15, 0.2) is 0 Å². The largest absolute Gasteiger partial charge is 0.497 e. The summed E-state index contributed by atoms with van der Waals surface area (Å²) in [4.78, 5) is 17.2. The van der Waals surface area contributed by atoms with Gasteiger partial charge in [0.25, 0.3) is 0 Å². The SMILES string of the molecule is COc1ccc(S(=O)(=O)N2CCC(C(=O)NCc3nc(-c4cccc(C)c4)no3)CC2)cc1. The predicted octanol–water partition coefficient (Wildman–Crippen LogP) is 2.77. The van der Waals surface area contributed by atoms with Crippen molar-refractivity contribution in [1.82, 2.24) is 19.8 Å². The molecule has 0 aliphatic carbocycles. The van der Waals surface area contributed by atoms with Crippen molar-refractivity contribution in [1.29, 1.82) is 0 Å². The number of ether oxygens (including phenoxy) is 1. The van der Waals surface area contributed by atoms with Crippen LogP contribution >= 0.6 is 0 Å². The third-order valence-corrected chi connectivity index (χ3v) is 7.59. The van der Waals surface area contributed by atoms with E-state index in [1.807, 2.05) is 31.2 Å². The Balaban J connectivity index is 1.30. The lowest BCUT2D eigenvalue weighted by Gasteiger charge is -2.30. The van der Waals surface area contributed by atoms with Crippen molar-refractivity contribution in [3.8, 4) is 17.1 Å². The van der Waals surface area contributed by atoms with Crippen LogP contribution in [0.2, 0.25) is 0 Å². The van der Waals surface area contributed by atoms with Gasteiger partial charge < -0.3 is 14.6 Å². The summed E-state index contributed by atoms with van der Waals surface area (Å²) in [5.41, 5.74) is 1.94. The van der Waals surface area contributed by atoms with Crippen molar-refractivity contribution in [3.63, 3.8) is 0 Å². The van der Waals surface area contributed by atoms with Gasteiger partial charge in [0.1, 0.15) is 5.75 Å². The summed E-state index contributed by atoms with van der Waals surface area (Å²) < 4.78 is 37.5. The van der Waals surface area contributed by atoms with E-state index in [-0.39, 0.29) is 36.4 Å². The third-order valence-electron chi connectivity index (χ3n) is 5.68. The lowest BCUT2D eigenvalue weighted by Crippen LogP contribution is -2.42. The van der Waals surface area contributed by atoms with Gasteiger partial charge in [-0.3, -0.25) is 4.79 Å². The van der Waals surface area contributed by atoms with E-state index < -0.39 is 10.0 Å². The zero-order valence-electron chi connectivity index (χ0n) is 18.5. The van der Waals surface area contributed by atoms with Crippen LogP contribution in [0.5, 0.6) is 5.75 Å². The molecule has 2 heterocycles. The number of carbonyl (C=O) groups excluding carboxylic acids is 1. The van der Waals surface area contributed by atoms with Crippen LogP contribution in [0, 0.1) is 12.8 Å². The smallest absolute Gasteiger partial charge is 0.246 e. The van der Waals surface area contributed by atoms with Crippen molar-refractivity contribution in [2.75, 3.05) is 20.2 Å². The number of amides is 1. The Kier molecular flexibility index (Phi) is 6.75. The second-order valence-electron chi connectivity index (χ2n) is 7.95. The molecular weight excluding hydrogens is 444 g/mol. The standard InChI is InChI=1S/C23H26N4O5S/c1-16-4-3-5-18(14-16)22-25-21(32-26-22)15-24-23(28)17-10-12-27(13-11-17)33(29,30)20-8-6-19(31-2)7-9-20/h3-9,14,17H,10-13,15H2,1-2H3,(H,24,28). The lowest BCUT2D eigenvalue weighted by atomic mass is 9.97. The molecule has 0 radical (unpaired) electrons. The number of hydrogen-bond acceptors (Lipinski definition) is 7. The Hall–Kier alpha value is -3.24. The Morgan fingerprint density at radius 3 is 2.58 bits per heavy atom. The van der Waals surface area contributed by atoms with Gasteiger partial charge >= 0.3 is 0 Å². The van der Waals surface area contributed by atoms with Gasteiger partial charge in [-0.05, 0) is 50.1 Å². The summed E-state index contributed by atoms with van der Waals surface area (Å²) in [6.07, 6.45) is 0.888. The number of methoxy groups -OCH3 is 1. The molecule has 10 heteroatoms. The monoisotopic (exact) mass is 470 g/mol. The molecule has 4 rings (SSSR count). The van der Waals surface area contributed by atoms with Crippen LogP contribution in [-0.4, -0.2) is 49.0 Å². The fourth-order valence-electron chi connectivity index (χ4n) is 3.79. The molecule has 1 aliphatic heterocycles. The number of carbonyl (C=O) groups is 1. The molecule has 0 unspecified atom stereocenters. The first-order valence-electron chi connectivity index (χ1n) is 10.7. The highest BCUT2D eigenvalue weighted by molar-refractivity contribution is 7.89. The van der Waals surface area contributed by atoms with Crippen LogP contribution in [0.15, 0.2) is 57.9 Å². The molecule has 0 bridgehead atoms. The summed E-state index contributed by atoms with van der Waals surface area (Å²) >= 11 is 0. The summed E-state index contributed by atoms with van der Waals surface area (Å²) in [6.45, 7) is 2.68. The van der Waals surface area contributed by atoms with Crippen LogP contribution in [0.4, 0.5) is 0 Å². The highest BCUT2D eigenvalue weighted by Crippen LogP contribution is 2.25. The maximum absolute atomic E-state index is 12.9. The van der Waals surface area contributed by atoms with Crippen LogP contribution in [0.1, 0.15) is 24.3 Å². The molecule has 1 N–H and O–H groups in total. The molecule has 1 amide bonds. The van der Waals surface area contributed by atoms with Crippen LogP contribution in [0.3, 0.4) is 0 Å². The van der Waals surface area contributed by atoms with E-state index in [0.717, 1.165) is 11.1 Å². The topological polar surface area (TPSA) is 115 Å². The van der Waals surface area contributed by atoms with E-state index in [1.54, 1.807) is 12.1 Å². The number of aryl methyl sites for hydroxylation is 1. The average molecular weight is 471 g/mol. The minimum atomic E-state index is -3.61. The molecule has 2 aromatic carbocycles. The number of hydrogen-bond donors (Lipinski definition) is 1. The molecule has 9 nitrogen and oxygen atoms in total. The number of nitrogens with zero attached hydrogens (tertiary/aromatic N) is 3. The fourth-order valence-corrected chi connectivity index (χ4v) is 5.26. The van der Waals surface area contributed by atoms with Crippen molar-refractivity contribution in [2.24, 2.45) is 5.92 Å². The molecular formula is C23H26N4O5S. The van der Waals surface area contributed by atoms with Crippen LogP contribution in [-0.2, 0) is 21.4 Å². The lowest BCUT2D eigenvalue weighted by molar-refractivity contribution is -0.126. The summed E-state index contributed by atoms with van der Waals surface area (Å²) in [5.74, 6) is 0.967. The second-order valence-corrected chi connectivity index (χ2v) is 9.89. The maximum Gasteiger partial charge on any atom is 0.246 e. The third kappa shape index (κ3) is 5.23. The molecule has 33 heavy (non-hydrogen) atoms. The maximum atomic E-state index is 12.9. The molecule has 3 aromatic rings. The number of nitrogens with one attached hydrogen (secondary N) is 1. The first-order valence-corrected chi connectivity index (χ1v) is 12.1. The minimum absolute atomic E-state index is 0.127. The zero-order chi connectivity index (χ0) is 23.4. The minimum Gasteiger partial charge on any atom is -0.497 e. The van der Waals surface area contributed by atoms with Crippen molar-refractivity contribution < 1.29 is 22.5 Å². The van der Waals surface area contributed by atoms with E-state index in [4.69, 9.17) is 9.26 Å². The highest BCUT2D eigenvalue weighted by Gasteiger charge is 2.32. The highest BCUT2D eigenvalue weighted by atomic mass is 32.2. The number of benzene rings is 2. The molecule has 0 spiro atoms. The van der Waals surface area contributed by atoms with E-state index in [9.17, 15) is 13.2 Å². The Morgan fingerprint density at radius 1 is 1.18 bits per heavy atom. The van der Waals surface area contributed by atoms with Gasteiger partial charge in [-0.2, -0.15) is 9.29 Å². The normalized spacial score (nSPS) is 15.3. The molecule has 1 aliphatic rings. The summed E-state index contributed by atoms with van der Waals surface area (Å²) in [6, 6.07) is 14.1. The molecule has 1 fully saturated rings. The van der Waals surface area contributed by atoms with Crippen molar-refractivity contribution >= 4 is 15.9 Å². The number of rotatable bonds is 7. The van der Waals surface area contributed by atoms with Gasteiger partial charge in [-0.25, -0.2) is 8.42 Å². The number of aromatic nitrogens is 2. The first-order chi connectivity index (χ1) is 15.9. The predicted molar refractivity (Wildman–Crippen MR) is 121 cm³/mol. The average Bonchev–Trinajstić information content (AvgIpc) is 3.32. The van der Waals surface area contributed by atoms with Crippen LogP contribution in [0.25, 0.3) is 11.4 Å². The Bertz CT molecular complexity index is 1220. The quantitative estimate of drug-likeness (QED) is 0.565. The first kappa shape index (κ1) is 22.9. The summed E-state index contributed by atoms with van der Waals surface area (Å²) in [7, 11) is -2.08. The molecule has 1 aromatic heterocycles. The van der Waals surface area contributed by atoms with E-state index in [1.165, 1.54) is 23.5 Å². The molecule has 0 atom stereocenters. The zero-order valence-corrected chi connectivity index (χ0v) is 19.3. The van der Waals surface area contributed by atoms with Gasteiger partial charge in [0.2, 0.25) is 27.6 Å². The van der Waals surface area contributed by atoms with Crippen molar-refractivity contribution in [2.45, 2.75) is 31.2 Å². The molecule has 1 saturated heterocycles. The fraction of sp³-hybridized carbons (Fsp3) is 0.348.